The van der Waals surface area contributed by atoms with Crippen molar-refractivity contribution in [2.24, 2.45) is 0 Å². The highest BCUT2D eigenvalue weighted by Gasteiger charge is 2.16. The lowest BCUT2D eigenvalue weighted by molar-refractivity contribution is 0.0953. The average Bonchev–Trinajstić information content (AvgIpc) is 3.19. The molecule has 1 aliphatic heterocycles. The molecule has 1 amide bonds. The van der Waals surface area contributed by atoms with E-state index < -0.39 is 0 Å². The number of carbonyl (C=O) groups excluding carboxylic acids is 1. The van der Waals surface area contributed by atoms with Crippen LogP contribution in [0.3, 0.4) is 0 Å². The van der Waals surface area contributed by atoms with E-state index in [4.69, 9.17) is 9.47 Å². The third-order valence-electron chi connectivity index (χ3n) is 3.95. The van der Waals surface area contributed by atoms with Gasteiger partial charge in [-0.2, -0.15) is 0 Å². The summed E-state index contributed by atoms with van der Waals surface area (Å²) >= 11 is 0. The van der Waals surface area contributed by atoms with Gasteiger partial charge in [0.15, 0.2) is 11.5 Å². The Bertz CT molecular complexity index is 917. The highest BCUT2D eigenvalue weighted by atomic mass is 16.7. The van der Waals surface area contributed by atoms with Crippen molar-refractivity contribution >= 4 is 11.6 Å². The van der Waals surface area contributed by atoms with E-state index in [0.29, 0.717) is 30.0 Å². The maximum absolute atomic E-state index is 12.2. The minimum Gasteiger partial charge on any atom is -0.454 e. The largest absolute Gasteiger partial charge is 0.454 e. The molecule has 0 radical (unpaired) electrons. The Balaban J connectivity index is 1.38. The molecule has 1 aliphatic rings. The quantitative estimate of drug-likeness (QED) is 0.800. The molecule has 122 valence electrons. The van der Waals surface area contributed by atoms with Crippen LogP contribution in [0.1, 0.15) is 21.6 Å². The van der Waals surface area contributed by atoms with Gasteiger partial charge >= 0.3 is 0 Å². The Morgan fingerprint density at radius 2 is 2.08 bits per heavy atom. The highest BCUT2D eigenvalue weighted by molar-refractivity contribution is 5.94. The van der Waals surface area contributed by atoms with Crippen molar-refractivity contribution in [1.29, 1.82) is 0 Å². The van der Waals surface area contributed by atoms with Crippen molar-refractivity contribution in [3.05, 3.63) is 59.5 Å². The van der Waals surface area contributed by atoms with Crippen LogP contribution in [0.2, 0.25) is 0 Å². The van der Waals surface area contributed by atoms with E-state index in [1.54, 1.807) is 18.2 Å². The van der Waals surface area contributed by atoms with Crippen LogP contribution in [-0.4, -0.2) is 28.6 Å². The van der Waals surface area contributed by atoms with Crippen LogP contribution in [0.4, 0.5) is 0 Å². The number of benzene rings is 1. The van der Waals surface area contributed by atoms with E-state index >= 15 is 0 Å². The highest BCUT2D eigenvalue weighted by Crippen LogP contribution is 2.32. The van der Waals surface area contributed by atoms with Gasteiger partial charge < -0.3 is 19.2 Å². The van der Waals surface area contributed by atoms with Crippen LogP contribution < -0.4 is 14.8 Å². The topological polar surface area (TPSA) is 64.9 Å². The average molecular weight is 323 g/mol. The van der Waals surface area contributed by atoms with Gasteiger partial charge in [-0.3, -0.25) is 4.79 Å². The van der Waals surface area contributed by atoms with Gasteiger partial charge in [0.2, 0.25) is 6.79 Å². The summed E-state index contributed by atoms with van der Waals surface area (Å²) in [6.07, 6.45) is 4.71. The number of pyridine rings is 1. The number of fused-ring (bicyclic) bond motifs is 2. The molecule has 6 heteroatoms. The second-order valence-electron chi connectivity index (χ2n) is 5.78. The van der Waals surface area contributed by atoms with Gasteiger partial charge in [-0.1, -0.05) is 6.07 Å². The number of imidazole rings is 1. The first kappa shape index (κ1) is 14.6. The molecule has 4 rings (SSSR count). The van der Waals surface area contributed by atoms with Crippen molar-refractivity contribution in [3.8, 4) is 11.5 Å². The number of aryl methyl sites for hydroxylation is 1. The lowest BCUT2D eigenvalue weighted by atomic mass is 10.2. The lowest BCUT2D eigenvalue weighted by Gasteiger charge is -2.05. The first-order valence-electron chi connectivity index (χ1n) is 7.81. The molecule has 3 aromatic rings. The SMILES string of the molecule is Cc1ccc2nc(CCNC(=O)c3ccc4c(c3)OCO4)cn2c1. The summed E-state index contributed by atoms with van der Waals surface area (Å²) in [6.45, 7) is 2.77. The van der Waals surface area contributed by atoms with Crippen LogP contribution in [-0.2, 0) is 6.42 Å². The summed E-state index contributed by atoms with van der Waals surface area (Å²) in [5.74, 6) is 1.15. The predicted octanol–water partition coefficient (Wildman–Crippen LogP) is 2.34. The maximum Gasteiger partial charge on any atom is 0.251 e. The molecule has 0 fully saturated rings. The second kappa shape index (κ2) is 5.88. The number of rotatable bonds is 4. The zero-order chi connectivity index (χ0) is 16.5. The van der Waals surface area contributed by atoms with E-state index in [0.717, 1.165) is 11.3 Å². The fraction of sp³-hybridized carbons (Fsp3) is 0.222. The first-order valence-corrected chi connectivity index (χ1v) is 7.81. The molecule has 0 saturated carbocycles. The van der Waals surface area contributed by atoms with Crippen LogP contribution in [0, 0.1) is 6.92 Å². The van der Waals surface area contributed by atoms with E-state index in [1.807, 2.05) is 35.9 Å². The van der Waals surface area contributed by atoms with Gasteiger partial charge in [-0.15, -0.1) is 0 Å². The number of carbonyl (C=O) groups is 1. The summed E-state index contributed by atoms with van der Waals surface area (Å²) in [5.41, 5.74) is 3.61. The molecule has 1 N–H and O–H groups in total. The Kier molecular flexibility index (Phi) is 3.57. The number of nitrogens with one attached hydrogen (secondary N) is 1. The molecular formula is C18H17N3O3. The van der Waals surface area contributed by atoms with Crippen molar-refractivity contribution < 1.29 is 14.3 Å². The molecule has 6 nitrogen and oxygen atoms in total. The molecule has 0 unspecified atom stereocenters. The summed E-state index contributed by atoms with van der Waals surface area (Å²) in [7, 11) is 0. The molecule has 24 heavy (non-hydrogen) atoms. The Labute approximate surface area is 139 Å². The third-order valence-corrected chi connectivity index (χ3v) is 3.95. The van der Waals surface area contributed by atoms with Crippen molar-refractivity contribution in [2.45, 2.75) is 13.3 Å². The van der Waals surface area contributed by atoms with Crippen LogP contribution in [0.25, 0.3) is 5.65 Å². The summed E-state index contributed by atoms with van der Waals surface area (Å²) in [5, 5.41) is 2.91. The zero-order valence-corrected chi connectivity index (χ0v) is 13.3. The van der Waals surface area contributed by atoms with Gasteiger partial charge in [-0.05, 0) is 36.8 Å². The number of amides is 1. The van der Waals surface area contributed by atoms with Crippen LogP contribution in [0.15, 0.2) is 42.7 Å². The maximum atomic E-state index is 12.2. The number of ether oxygens (including phenoxy) is 2. The van der Waals surface area contributed by atoms with Crippen molar-refractivity contribution in [2.75, 3.05) is 13.3 Å². The van der Waals surface area contributed by atoms with E-state index in [1.165, 1.54) is 5.56 Å². The Hall–Kier alpha value is -3.02. The molecule has 0 bridgehead atoms. The molecule has 3 heterocycles. The number of aromatic nitrogens is 2. The number of hydrogen-bond donors (Lipinski definition) is 1. The molecule has 2 aromatic heterocycles. The van der Waals surface area contributed by atoms with Gasteiger partial charge in [0.05, 0.1) is 5.69 Å². The molecule has 0 spiro atoms. The molecule has 0 saturated heterocycles. The first-order chi connectivity index (χ1) is 11.7. The summed E-state index contributed by atoms with van der Waals surface area (Å²) < 4.78 is 12.5. The van der Waals surface area contributed by atoms with Crippen LogP contribution in [0.5, 0.6) is 11.5 Å². The van der Waals surface area contributed by atoms with Crippen molar-refractivity contribution in [3.63, 3.8) is 0 Å². The van der Waals surface area contributed by atoms with E-state index in [2.05, 4.69) is 10.3 Å². The second-order valence-corrected chi connectivity index (χ2v) is 5.78. The normalized spacial score (nSPS) is 12.5. The predicted molar refractivity (Wildman–Crippen MR) is 88.5 cm³/mol. The smallest absolute Gasteiger partial charge is 0.251 e. The zero-order valence-electron chi connectivity index (χ0n) is 13.3. The van der Waals surface area contributed by atoms with E-state index in [-0.39, 0.29) is 12.7 Å². The third kappa shape index (κ3) is 2.78. The van der Waals surface area contributed by atoms with Gasteiger partial charge in [0.1, 0.15) is 5.65 Å². The van der Waals surface area contributed by atoms with E-state index in [9.17, 15) is 4.79 Å². The molecule has 0 aliphatic carbocycles. The van der Waals surface area contributed by atoms with Gasteiger partial charge in [-0.25, -0.2) is 4.98 Å². The standard InChI is InChI=1S/C18H17N3O3/c1-12-2-5-17-20-14(10-21(17)9-12)6-7-19-18(22)13-3-4-15-16(8-13)24-11-23-15/h2-5,8-10H,6-7,11H2,1H3,(H,19,22). The monoisotopic (exact) mass is 323 g/mol. The summed E-state index contributed by atoms with van der Waals surface area (Å²) in [4.78, 5) is 16.8. The molecule has 0 atom stereocenters. The Morgan fingerprint density at radius 3 is 3.00 bits per heavy atom. The van der Waals surface area contributed by atoms with Gasteiger partial charge in [0, 0.05) is 30.9 Å². The molecular weight excluding hydrogens is 306 g/mol. The number of hydrogen-bond acceptors (Lipinski definition) is 4. The minimum atomic E-state index is -0.132. The summed E-state index contributed by atoms with van der Waals surface area (Å²) in [6, 6.07) is 9.21. The number of nitrogens with zero attached hydrogens (tertiary/aromatic N) is 2. The van der Waals surface area contributed by atoms with Crippen LogP contribution >= 0.6 is 0 Å². The van der Waals surface area contributed by atoms with Gasteiger partial charge in [0.25, 0.3) is 5.91 Å². The molecule has 1 aromatic carbocycles. The van der Waals surface area contributed by atoms with Crippen molar-refractivity contribution in [1.82, 2.24) is 14.7 Å². The fourth-order valence-electron chi connectivity index (χ4n) is 2.72. The minimum absolute atomic E-state index is 0.132. The lowest BCUT2D eigenvalue weighted by Crippen LogP contribution is -2.25. The fourth-order valence-corrected chi connectivity index (χ4v) is 2.72. The Morgan fingerprint density at radius 1 is 1.21 bits per heavy atom.